The van der Waals surface area contributed by atoms with Crippen LogP contribution < -0.4 is 5.32 Å². The molecule has 2 atom stereocenters. The van der Waals surface area contributed by atoms with Crippen molar-refractivity contribution in [1.29, 1.82) is 0 Å². The molecule has 2 unspecified atom stereocenters. The van der Waals surface area contributed by atoms with Crippen molar-refractivity contribution in [2.24, 2.45) is 11.8 Å². The number of nitrogens with one attached hydrogen (secondary N) is 1. The number of hydrogen-bond acceptors (Lipinski definition) is 4. The highest BCUT2D eigenvalue weighted by atomic mass is 19.1. The van der Waals surface area contributed by atoms with Gasteiger partial charge < -0.3 is 10.4 Å². The number of rotatable bonds is 4. The number of aliphatic carboxylic acids is 1. The summed E-state index contributed by atoms with van der Waals surface area (Å²) in [6.45, 7) is 0. The Morgan fingerprint density at radius 1 is 1.29 bits per heavy atom. The number of nitrogens with zero attached hydrogens (tertiary/aromatic N) is 3. The minimum atomic E-state index is -0.865. The number of benzene rings is 1. The molecule has 0 radical (unpaired) electrons. The fourth-order valence-corrected chi connectivity index (χ4v) is 3.00. The summed E-state index contributed by atoms with van der Waals surface area (Å²) in [6.07, 6.45) is 4.95. The zero-order valence-electron chi connectivity index (χ0n) is 12.9. The zero-order valence-corrected chi connectivity index (χ0v) is 12.9. The Bertz CT molecular complexity index is 748. The quantitative estimate of drug-likeness (QED) is 0.895. The summed E-state index contributed by atoms with van der Waals surface area (Å²) in [5.41, 5.74) is 0.563. The van der Waals surface area contributed by atoms with Crippen molar-refractivity contribution in [3.05, 3.63) is 36.7 Å². The van der Waals surface area contributed by atoms with E-state index >= 15 is 0 Å². The van der Waals surface area contributed by atoms with Gasteiger partial charge in [-0.05, 0) is 37.5 Å². The highest BCUT2D eigenvalue weighted by molar-refractivity contribution is 5.93. The van der Waals surface area contributed by atoms with E-state index in [9.17, 15) is 14.0 Å². The summed E-state index contributed by atoms with van der Waals surface area (Å²) < 4.78 is 15.4. The highest BCUT2D eigenvalue weighted by Gasteiger charge is 2.31. The Kier molecular flexibility index (Phi) is 4.54. The first-order chi connectivity index (χ1) is 11.5. The molecule has 3 rings (SSSR count). The summed E-state index contributed by atoms with van der Waals surface area (Å²) >= 11 is 0. The number of carbonyl (C=O) groups is 2. The van der Waals surface area contributed by atoms with E-state index in [2.05, 4.69) is 15.4 Å². The maximum absolute atomic E-state index is 14.2. The second-order valence-electron chi connectivity index (χ2n) is 5.89. The molecular weight excluding hydrogens is 315 g/mol. The lowest BCUT2D eigenvalue weighted by atomic mass is 9.81. The molecule has 1 fully saturated rings. The van der Waals surface area contributed by atoms with E-state index in [1.165, 1.54) is 29.5 Å². The number of carbonyl (C=O) groups excluding carboxylic acids is 1. The summed E-state index contributed by atoms with van der Waals surface area (Å²) in [5.74, 6) is -2.52. The predicted molar refractivity (Wildman–Crippen MR) is 83.0 cm³/mol. The van der Waals surface area contributed by atoms with E-state index < -0.39 is 17.7 Å². The molecule has 8 heteroatoms. The predicted octanol–water partition coefficient (Wildman–Crippen LogP) is 2.24. The van der Waals surface area contributed by atoms with Crippen molar-refractivity contribution < 1.29 is 19.1 Å². The van der Waals surface area contributed by atoms with Gasteiger partial charge in [-0.15, -0.1) is 0 Å². The summed E-state index contributed by atoms with van der Waals surface area (Å²) in [6, 6.07) is 4.29. The molecule has 0 saturated heterocycles. The van der Waals surface area contributed by atoms with Crippen molar-refractivity contribution in [1.82, 2.24) is 14.8 Å². The lowest BCUT2D eigenvalue weighted by molar-refractivity contribution is -0.143. The molecule has 1 amide bonds. The molecule has 1 heterocycles. The molecule has 24 heavy (non-hydrogen) atoms. The van der Waals surface area contributed by atoms with Gasteiger partial charge in [0.05, 0.1) is 5.92 Å². The van der Waals surface area contributed by atoms with Crippen LogP contribution in [0.1, 0.15) is 25.7 Å². The van der Waals surface area contributed by atoms with Crippen LogP contribution in [-0.4, -0.2) is 31.7 Å². The van der Waals surface area contributed by atoms with Crippen LogP contribution in [0.15, 0.2) is 30.9 Å². The van der Waals surface area contributed by atoms with Crippen molar-refractivity contribution in [3.63, 3.8) is 0 Å². The fraction of sp³-hybridized carbons (Fsp3) is 0.375. The number of carboxylic acid groups (broad SMARTS) is 1. The number of anilines is 1. The molecule has 0 bridgehead atoms. The van der Waals surface area contributed by atoms with Crippen molar-refractivity contribution in [2.75, 3.05) is 5.32 Å². The van der Waals surface area contributed by atoms with Gasteiger partial charge in [0, 0.05) is 11.6 Å². The molecule has 1 saturated carbocycles. The standard InChI is InChI=1S/C16H17FN4O3/c17-13-7-12(4-5-14(13)21-9-18-8-19-21)20-15(22)10-2-1-3-11(6-10)16(23)24/h4-5,7-11H,1-3,6H2,(H,20,22)(H,23,24). The van der Waals surface area contributed by atoms with Crippen LogP contribution in [0.3, 0.4) is 0 Å². The van der Waals surface area contributed by atoms with Crippen LogP contribution in [0, 0.1) is 17.7 Å². The fourth-order valence-electron chi connectivity index (χ4n) is 3.00. The first-order valence-corrected chi connectivity index (χ1v) is 7.73. The Labute approximate surface area is 137 Å². The molecular formula is C16H17FN4O3. The van der Waals surface area contributed by atoms with E-state index in [1.807, 2.05) is 0 Å². The molecule has 7 nitrogen and oxygen atoms in total. The molecule has 126 valence electrons. The Hall–Kier alpha value is -2.77. The SMILES string of the molecule is O=C(O)C1CCCC(C(=O)Nc2ccc(-n3cncn3)c(F)c2)C1. The van der Waals surface area contributed by atoms with E-state index in [-0.39, 0.29) is 17.5 Å². The van der Waals surface area contributed by atoms with Gasteiger partial charge in [0.2, 0.25) is 5.91 Å². The summed E-state index contributed by atoms with van der Waals surface area (Å²) in [5, 5.41) is 15.6. The van der Waals surface area contributed by atoms with E-state index in [0.717, 1.165) is 0 Å². The van der Waals surface area contributed by atoms with E-state index in [1.54, 1.807) is 6.07 Å². The molecule has 1 aliphatic rings. The van der Waals surface area contributed by atoms with E-state index in [0.29, 0.717) is 31.4 Å². The third kappa shape index (κ3) is 3.42. The first kappa shape index (κ1) is 16.1. The Balaban J connectivity index is 1.68. The minimum absolute atomic E-state index is 0.231. The topological polar surface area (TPSA) is 97.1 Å². The molecule has 2 N–H and O–H groups in total. The van der Waals surface area contributed by atoms with Crippen LogP contribution in [0.4, 0.5) is 10.1 Å². The van der Waals surface area contributed by atoms with E-state index in [4.69, 9.17) is 5.11 Å². The van der Waals surface area contributed by atoms with Crippen LogP contribution >= 0.6 is 0 Å². The van der Waals surface area contributed by atoms with Crippen molar-refractivity contribution >= 4 is 17.6 Å². The van der Waals surface area contributed by atoms with Gasteiger partial charge in [-0.1, -0.05) is 6.42 Å². The van der Waals surface area contributed by atoms with Crippen LogP contribution in [0.5, 0.6) is 0 Å². The Morgan fingerprint density at radius 3 is 2.75 bits per heavy atom. The molecule has 0 aliphatic heterocycles. The van der Waals surface area contributed by atoms with Crippen molar-refractivity contribution in [3.8, 4) is 5.69 Å². The molecule has 1 aromatic carbocycles. The highest BCUT2D eigenvalue weighted by Crippen LogP contribution is 2.30. The van der Waals surface area contributed by atoms with Gasteiger partial charge in [0.25, 0.3) is 0 Å². The van der Waals surface area contributed by atoms with Gasteiger partial charge in [0.15, 0.2) is 5.82 Å². The largest absolute Gasteiger partial charge is 0.481 e. The summed E-state index contributed by atoms with van der Waals surface area (Å²) in [4.78, 5) is 27.1. The number of halogens is 1. The maximum atomic E-state index is 14.2. The van der Waals surface area contributed by atoms with Gasteiger partial charge in [0.1, 0.15) is 18.3 Å². The molecule has 1 aromatic heterocycles. The maximum Gasteiger partial charge on any atom is 0.306 e. The average molecular weight is 332 g/mol. The number of aromatic nitrogens is 3. The van der Waals surface area contributed by atoms with Gasteiger partial charge >= 0.3 is 5.97 Å². The molecule has 1 aliphatic carbocycles. The smallest absolute Gasteiger partial charge is 0.306 e. The lowest BCUT2D eigenvalue weighted by Crippen LogP contribution is -2.30. The summed E-state index contributed by atoms with van der Waals surface area (Å²) in [7, 11) is 0. The number of amides is 1. The van der Waals surface area contributed by atoms with Crippen LogP contribution in [-0.2, 0) is 9.59 Å². The van der Waals surface area contributed by atoms with Crippen molar-refractivity contribution in [2.45, 2.75) is 25.7 Å². The zero-order chi connectivity index (χ0) is 17.1. The second kappa shape index (κ2) is 6.77. The number of carboxylic acids is 1. The normalized spacial score (nSPS) is 20.5. The third-order valence-corrected chi connectivity index (χ3v) is 4.28. The average Bonchev–Trinajstić information content (AvgIpc) is 3.09. The first-order valence-electron chi connectivity index (χ1n) is 7.73. The molecule has 2 aromatic rings. The van der Waals surface area contributed by atoms with Crippen LogP contribution in [0.2, 0.25) is 0 Å². The monoisotopic (exact) mass is 332 g/mol. The minimum Gasteiger partial charge on any atom is -0.481 e. The number of hydrogen-bond donors (Lipinski definition) is 2. The third-order valence-electron chi connectivity index (χ3n) is 4.28. The van der Waals surface area contributed by atoms with Gasteiger partial charge in [-0.25, -0.2) is 14.1 Å². The van der Waals surface area contributed by atoms with Gasteiger partial charge in [-0.3, -0.25) is 9.59 Å². The van der Waals surface area contributed by atoms with Gasteiger partial charge in [-0.2, -0.15) is 5.10 Å². The Morgan fingerprint density at radius 2 is 2.08 bits per heavy atom. The lowest BCUT2D eigenvalue weighted by Gasteiger charge is -2.25. The molecule has 0 spiro atoms. The van der Waals surface area contributed by atoms with Crippen LogP contribution in [0.25, 0.3) is 5.69 Å². The second-order valence-corrected chi connectivity index (χ2v) is 5.89.